The summed E-state index contributed by atoms with van der Waals surface area (Å²) < 4.78 is 18.2. The maximum absolute atomic E-state index is 13.0. The molecular formula is C15H20FNO2. The first-order chi connectivity index (χ1) is 9.11. The molecule has 4 heteroatoms. The minimum absolute atomic E-state index is 0.121. The van der Waals surface area contributed by atoms with E-state index in [1.807, 2.05) is 14.0 Å². The smallest absolute Gasteiger partial charge is 0.310 e. The van der Waals surface area contributed by atoms with Crippen molar-refractivity contribution >= 4 is 5.97 Å². The molecule has 2 atom stereocenters. The fourth-order valence-corrected chi connectivity index (χ4v) is 2.71. The largest absolute Gasteiger partial charge is 0.466 e. The number of hydrogen-bond donors (Lipinski definition) is 0. The van der Waals surface area contributed by atoms with Gasteiger partial charge in [0, 0.05) is 6.54 Å². The van der Waals surface area contributed by atoms with Crippen LogP contribution in [0.4, 0.5) is 4.39 Å². The second kappa shape index (κ2) is 6.15. The highest BCUT2D eigenvalue weighted by Crippen LogP contribution is 2.33. The highest BCUT2D eigenvalue weighted by atomic mass is 19.1. The normalized spacial score (nSPS) is 24.2. The zero-order chi connectivity index (χ0) is 13.8. The first kappa shape index (κ1) is 14.0. The molecule has 1 fully saturated rings. The van der Waals surface area contributed by atoms with Crippen molar-refractivity contribution in [3.8, 4) is 0 Å². The molecule has 1 aromatic carbocycles. The Bertz CT molecular complexity index is 432. The van der Waals surface area contributed by atoms with E-state index in [0.717, 1.165) is 18.5 Å². The van der Waals surface area contributed by atoms with E-state index in [-0.39, 0.29) is 23.6 Å². The van der Waals surface area contributed by atoms with Gasteiger partial charge in [0.1, 0.15) is 5.82 Å². The summed E-state index contributed by atoms with van der Waals surface area (Å²) in [5.74, 6) is -0.437. The predicted molar refractivity (Wildman–Crippen MR) is 71.4 cm³/mol. The van der Waals surface area contributed by atoms with E-state index in [9.17, 15) is 9.18 Å². The van der Waals surface area contributed by atoms with Gasteiger partial charge in [-0.05, 0) is 50.6 Å². The average Bonchev–Trinajstić information content (AvgIpc) is 2.40. The van der Waals surface area contributed by atoms with Gasteiger partial charge in [-0.2, -0.15) is 0 Å². The van der Waals surface area contributed by atoms with Gasteiger partial charge in [-0.15, -0.1) is 0 Å². The summed E-state index contributed by atoms with van der Waals surface area (Å²) in [5, 5.41) is 0. The lowest BCUT2D eigenvalue weighted by atomic mass is 9.80. The highest BCUT2D eigenvalue weighted by Gasteiger charge is 2.35. The lowest BCUT2D eigenvalue weighted by molar-refractivity contribution is -0.150. The van der Waals surface area contributed by atoms with E-state index < -0.39 is 0 Å². The number of ether oxygens (including phenoxy) is 1. The minimum atomic E-state index is -0.246. The van der Waals surface area contributed by atoms with Gasteiger partial charge in [0.05, 0.1) is 12.5 Å². The van der Waals surface area contributed by atoms with Crippen molar-refractivity contribution in [2.75, 3.05) is 26.7 Å². The standard InChI is InChI=1S/C15H20FNO2/c1-3-19-15(18)14-10-17(2)9-8-13(14)11-4-6-12(16)7-5-11/h4-7,13-14H,3,8-10H2,1-2H3. The third-order valence-corrected chi connectivity index (χ3v) is 3.70. The highest BCUT2D eigenvalue weighted by molar-refractivity contribution is 5.74. The molecule has 0 radical (unpaired) electrons. The SMILES string of the molecule is CCOC(=O)C1CN(C)CCC1c1ccc(F)cc1. The monoisotopic (exact) mass is 265 g/mol. The van der Waals surface area contributed by atoms with Crippen LogP contribution in [0, 0.1) is 11.7 Å². The maximum atomic E-state index is 13.0. The fourth-order valence-electron chi connectivity index (χ4n) is 2.71. The Morgan fingerprint density at radius 1 is 1.42 bits per heavy atom. The second-order valence-electron chi connectivity index (χ2n) is 5.07. The average molecular weight is 265 g/mol. The third kappa shape index (κ3) is 3.32. The molecule has 1 saturated heterocycles. The zero-order valence-electron chi connectivity index (χ0n) is 11.4. The summed E-state index contributed by atoms with van der Waals surface area (Å²) in [6.45, 7) is 3.85. The van der Waals surface area contributed by atoms with E-state index in [1.165, 1.54) is 12.1 Å². The van der Waals surface area contributed by atoms with Gasteiger partial charge in [-0.1, -0.05) is 12.1 Å². The van der Waals surface area contributed by atoms with E-state index in [2.05, 4.69) is 4.90 Å². The molecule has 2 unspecified atom stereocenters. The predicted octanol–water partition coefficient (Wildman–Crippen LogP) is 2.42. The molecule has 0 saturated carbocycles. The van der Waals surface area contributed by atoms with Gasteiger partial charge >= 0.3 is 5.97 Å². The molecule has 0 N–H and O–H groups in total. The van der Waals surface area contributed by atoms with Crippen LogP contribution in [0.3, 0.4) is 0 Å². The molecule has 0 amide bonds. The van der Waals surface area contributed by atoms with Gasteiger partial charge in [-0.25, -0.2) is 4.39 Å². The first-order valence-electron chi connectivity index (χ1n) is 6.72. The lowest BCUT2D eigenvalue weighted by Crippen LogP contribution is -2.41. The van der Waals surface area contributed by atoms with Crippen molar-refractivity contribution < 1.29 is 13.9 Å². The third-order valence-electron chi connectivity index (χ3n) is 3.70. The molecule has 1 aliphatic rings. The Morgan fingerprint density at radius 2 is 2.11 bits per heavy atom. The van der Waals surface area contributed by atoms with Gasteiger partial charge in [0.2, 0.25) is 0 Å². The van der Waals surface area contributed by atoms with Crippen molar-refractivity contribution in [2.24, 2.45) is 5.92 Å². The Balaban J connectivity index is 2.20. The van der Waals surface area contributed by atoms with Crippen LogP contribution in [0.25, 0.3) is 0 Å². The van der Waals surface area contributed by atoms with Gasteiger partial charge < -0.3 is 9.64 Å². The summed E-state index contributed by atoms with van der Waals surface area (Å²) in [6, 6.07) is 6.46. The van der Waals surface area contributed by atoms with Crippen LogP contribution in [-0.4, -0.2) is 37.6 Å². The number of carbonyl (C=O) groups excluding carboxylic acids is 1. The molecule has 0 aromatic heterocycles. The number of nitrogens with zero attached hydrogens (tertiary/aromatic N) is 1. The molecule has 1 aromatic rings. The van der Waals surface area contributed by atoms with Crippen LogP contribution in [-0.2, 0) is 9.53 Å². The van der Waals surface area contributed by atoms with Gasteiger partial charge in [0.25, 0.3) is 0 Å². The van der Waals surface area contributed by atoms with Crippen molar-refractivity contribution in [3.63, 3.8) is 0 Å². The fraction of sp³-hybridized carbons (Fsp3) is 0.533. The van der Waals surface area contributed by atoms with Crippen molar-refractivity contribution in [1.82, 2.24) is 4.90 Å². The van der Waals surface area contributed by atoms with Crippen LogP contribution >= 0.6 is 0 Å². The molecule has 0 spiro atoms. The summed E-state index contributed by atoms with van der Waals surface area (Å²) in [7, 11) is 2.01. The van der Waals surface area contributed by atoms with Crippen LogP contribution in [0.5, 0.6) is 0 Å². The van der Waals surface area contributed by atoms with E-state index in [0.29, 0.717) is 13.2 Å². The Kier molecular flexibility index (Phi) is 4.53. The van der Waals surface area contributed by atoms with E-state index in [1.54, 1.807) is 12.1 Å². The quantitative estimate of drug-likeness (QED) is 0.786. The number of piperidine rings is 1. The molecule has 2 rings (SSSR count). The molecule has 19 heavy (non-hydrogen) atoms. The van der Waals surface area contributed by atoms with E-state index in [4.69, 9.17) is 4.74 Å². The summed E-state index contributed by atoms with van der Waals surface area (Å²) in [4.78, 5) is 14.2. The van der Waals surface area contributed by atoms with Crippen LogP contribution in [0.2, 0.25) is 0 Å². The molecular weight excluding hydrogens is 245 g/mol. The Morgan fingerprint density at radius 3 is 2.74 bits per heavy atom. The number of rotatable bonds is 3. The summed E-state index contributed by atoms with van der Waals surface area (Å²) in [5.41, 5.74) is 1.02. The summed E-state index contributed by atoms with van der Waals surface area (Å²) in [6.07, 6.45) is 0.894. The number of halogens is 1. The molecule has 1 heterocycles. The molecule has 0 aliphatic carbocycles. The molecule has 0 bridgehead atoms. The topological polar surface area (TPSA) is 29.5 Å². The number of likely N-dealkylation sites (tertiary alicyclic amines) is 1. The van der Waals surface area contributed by atoms with Gasteiger partial charge in [-0.3, -0.25) is 4.79 Å². The Hall–Kier alpha value is -1.42. The van der Waals surface area contributed by atoms with Gasteiger partial charge in [0.15, 0.2) is 0 Å². The van der Waals surface area contributed by atoms with Crippen molar-refractivity contribution in [2.45, 2.75) is 19.3 Å². The minimum Gasteiger partial charge on any atom is -0.466 e. The molecule has 1 aliphatic heterocycles. The number of benzene rings is 1. The Labute approximate surface area is 113 Å². The molecule has 104 valence electrons. The van der Waals surface area contributed by atoms with Crippen LogP contribution in [0.1, 0.15) is 24.8 Å². The summed E-state index contributed by atoms with van der Waals surface area (Å²) >= 11 is 0. The van der Waals surface area contributed by atoms with Crippen LogP contribution < -0.4 is 0 Å². The van der Waals surface area contributed by atoms with Crippen LogP contribution in [0.15, 0.2) is 24.3 Å². The second-order valence-corrected chi connectivity index (χ2v) is 5.07. The van der Waals surface area contributed by atoms with E-state index >= 15 is 0 Å². The van der Waals surface area contributed by atoms with Crippen molar-refractivity contribution in [3.05, 3.63) is 35.6 Å². The van der Waals surface area contributed by atoms with Crippen molar-refractivity contribution in [1.29, 1.82) is 0 Å². The number of carbonyl (C=O) groups is 1. The number of hydrogen-bond acceptors (Lipinski definition) is 3. The zero-order valence-corrected chi connectivity index (χ0v) is 11.4. The number of esters is 1. The molecule has 3 nitrogen and oxygen atoms in total. The maximum Gasteiger partial charge on any atom is 0.310 e. The lowest BCUT2D eigenvalue weighted by Gasteiger charge is -2.35. The first-order valence-corrected chi connectivity index (χ1v) is 6.72.